The molecule has 0 saturated carbocycles. The molecule has 0 aliphatic rings. The summed E-state index contributed by atoms with van der Waals surface area (Å²) in [6.07, 6.45) is 0. The molecule has 98 valence electrons. The zero-order valence-electron chi connectivity index (χ0n) is 9.95. The van der Waals surface area contributed by atoms with Crippen LogP contribution in [-0.2, 0) is 4.74 Å². The molecule has 1 aromatic carbocycles. The Morgan fingerprint density at radius 3 is 2.53 bits per heavy atom. The molecular formula is C12H10N2O4S. The number of esters is 1. The van der Waals surface area contributed by atoms with Crippen molar-refractivity contribution in [2.75, 3.05) is 12.8 Å². The molecule has 0 radical (unpaired) electrons. The molecule has 1 heterocycles. The number of anilines is 1. The van der Waals surface area contributed by atoms with Gasteiger partial charge in [0.25, 0.3) is 5.69 Å². The van der Waals surface area contributed by atoms with Gasteiger partial charge in [-0.3, -0.25) is 10.1 Å². The fourth-order valence-electron chi connectivity index (χ4n) is 1.55. The number of carbonyl (C=O) groups excluding carboxylic acids is 1. The average Bonchev–Trinajstić information content (AvgIpc) is 2.80. The number of nitrogens with zero attached hydrogens (tertiary/aromatic N) is 1. The van der Waals surface area contributed by atoms with Gasteiger partial charge in [-0.25, -0.2) is 4.79 Å². The van der Waals surface area contributed by atoms with Gasteiger partial charge in [-0.15, -0.1) is 11.3 Å². The standard InChI is InChI=1S/C12H10N2O4S/c1-18-12(15)11-9(13)6-10(19-11)7-2-4-8(5-3-7)14(16)17/h2-6H,13H2,1H3. The first kappa shape index (κ1) is 13.0. The van der Waals surface area contributed by atoms with Gasteiger partial charge < -0.3 is 10.5 Å². The van der Waals surface area contributed by atoms with Crippen molar-refractivity contribution in [2.45, 2.75) is 0 Å². The van der Waals surface area contributed by atoms with Crippen LogP contribution in [0.2, 0.25) is 0 Å². The van der Waals surface area contributed by atoms with E-state index >= 15 is 0 Å². The quantitative estimate of drug-likeness (QED) is 0.529. The Hall–Kier alpha value is -2.41. The Balaban J connectivity index is 2.37. The Bertz CT molecular complexity index is 634. The van der Waals surface area contributed by atoms with Crippen LogP contribution in [0.15, 0.2) is 30.3 Å². The van der Waals surface area contributed by atoms with Gasteiger partial charge in [0.1, 0.15) is 4.88 Å². The number of ether oxygens (including phenoxy) is 1. The third kappa shape index (κ3) is 2.55. The molecule has 0 unspecified atom stereocenters. The van der Waals surface area contributed by atoms with Crippen molar-refractivity contribution >= 4 is 28.7 Å². The molecule has 2 rings (SSSR count). The fraction of sp³-hybridized carbons (Fsp3) is 0.0833. The number of nitrogens with two attached hydrogens (primary N) is 1. The van der Waals surface area contributed by atoms with Crippen LogP contribution in [0.5, 0.6) is 0 Å². The van der Waals surface area contributed by atoms with Crippen LogP contribution in [0.3, 0.4) is 0 Å². The van der Waals surface area contributed by atoms with Crippen molar-refractivity contribution in [1.29, 1.82) is 0 Å². The van der Waals surface area contributed by atoms with Gasteiger partial charge in [0, 0.05) is 17.0 Å². The van der Waals surface area contributed by atoms with Crippen molar-refractivity contribution in [2.24, 2.45) is 0 Å². The number of rotatable bonds is 3. The number of nitrogen functional groups attached to an aromatic ring is 1. The molecule has 2 aromatic rings. The Morgan fingerprint density at radius 2 is 2.00 bits per heavy atom. The number of hydrogen-bond donors (Lipinski definition) is 1. The summed E-state index contributed by atoms with van der Waals surface area (Å²) in [6, 6.07) is 7.69. The highest BCUT2D eigenvalue weighted by Crippen LogP contribution is 2.34. The maximum Gasteiger partial charge on any atom is 0.350 e. The van der Waals surface area contributed by atoms with Gasteiger partial charge in [-0.05, 0) is 23.8 Å². The van der Waals surface area contributed by atoms with E-state index in [-0.39, 0.29) is 5.69 Å². The van der Waals surface area contributed by atoms with Crippen LogP contribution in [0.1, 0.15) is 9.67 Å². The minimum absolute atomic E-state index is 0.0152. The maximum atomic E-state index is 11.4. The Labute approximate surface area is 112 Å². The van der Waals surface area contributed by atoms with Crippen LogP contribution in [0, 0.1) is 10.1 Å². The van der Waals surface area contributed by atoms with E-state index < -0.39 is 10.9 Å². The summed E-state index contributed by atoms with van der Waals surface area (Å²) in [5, 5.41) is 10.6. The molecule has 0 bridgehead atoms. The Morgan fingerprint density at radius 1 is 1.37 bits per heavy atom. The van der Waals surface area contributed by atoms with Crippen molar-refractivity contribution < 1.29 is 14.5 Å². The minimum Gasteiger partial charge on any atom is -0.465 e. The van der Waals surface area contributed by atoms with Crippen LogP contribution in [-0.4, -0.2) is 18.0 Å². The zero-order chi connectivity index (χ0) is 14.0. The number of non-ortho nitro benzene ring substituents is 1. The number of carbonyl (C=O) groups is 1. The summed E-state index contributed by atoms with van der Waals surface area (Å²) in [4.78, 5) is 22.6. The summed E-state index contributed by atoms with van der Waals surface area (Å²) in [5.41, 5.74) is 6.85. The largest absolute Gasteiger partial charge is 0.465 e. The number of nitro benzene ring substituents is 1. The molecule has 1 aromatic heterocycles. The lowest BCUT2D eigenvalue weighted by Crippen LogP contribution is -2.00. The van der Waals surface area contributed by atoms with Crippen LogP contribution in [0.4, 0.5) is 11.4 Å². The summed E-state index contributed by atoms with van der Waals surface area (Å²) in [5.74, 6) is -0.490. The van der Waals surface area contributed by atoms with E-state index in [1.807, 2.05) is 0 Å². The lowest BCUT2D eigenvalue weighted by molar-refractivity contribution is -0.384. The highest BCUT2D eigenvalue weighted by Gasteiger charge is 2.16. The molecule has 6 nitrogen and oxygen atoms in total. The monoisotopic (exact) mass is 278 g/mol. The van der Waals surface area contributed by atoms with Gasteiger partial charge in [0.15, 0.2) is 0 Å². The molecule has 0 atom stereocenters. The first-order valence-corrected chi connectivity index (χ1v) is 6.07. The molecule has 0 fully saturated rings. The smallest absolute Gasteiger partial charge is 0.350 e. The second-order valence-corrected chi connectivity index (χ2v) is 4.74. The number of benzene rings is 1. The summed E-state index contributed by atoms with van der Waals surface area (Å²) >= 11 is 1.19. The summed E-state index contributed by atoms with van der Waals surface area (Å²) < 4.78 is 4.62. The fourth-order valence-corrected chi connectivity index (χ4v) is 2.55. The number of hydrogen-bond acceptors (Lipinski definition) is 6. The first-order chi connectivity index (χ1) is 9.02. The molecule has 19 heavy (non-hydrogen) atoms. The summed E-state index contributed by atoms with van der Waals surface area (Å²) in [6.45, 7) is 0. The second kappa shape index (κ2) is 5.07. The van der Waals surface area contributed by atoms with Gasteiger partial charge in [-0.2, -0.15) is 0 Å². The van der Waals surface area contributed by atoms with E-state index in [1.165, 1.54) is 30.6 Å². The SMILES string of the molecule is COC(=O)c1sc(-c2ccc([N+](=O)[O-])cc2)cc1N. The Kier molecular flexibility index (Phi) is 3.48. The van der Waals surface area contributed by atoms with Crippen molar-refractivity contribution in [3.05, 3.63) is 45.3 Å². The molecular weight excluding hydrogens is 268 g/mol. The molecule has 2 N–H and O–H groups in total. The van der Waals surface area contributed by atoms with E-state index in [4.69, 9.17) is 5.73 Å². The highest BCUT2D eigenvalue weighted by molar-refractivity contribution is 7.18. The molecule has 0 amide bonds. The van der Waals surface area contributed by atoms with E-state index in [0.29, 0.717) is 10.6 Å². The lowest BCUT2D eigenvalue weighted by atomic mass is 10.1. The number of thiophene rings is 1. The highest BCUT2D eigenvalue weighted by atomic mass is 32.1. The average molecular weight is 278 g/mol. The van der Waals surface area contributed by atoms with Crippen LogP contribution < -0.4 is 5.73 Å². The normalized spacial score (nSPS) is 10.2. The molecule has 7 heteroatoms. The topological polar surface area (TPSA) is 95.5 Å². The zero-order valence-corrected chi connectivity index (χ0v) is 10.8. The number of methoxy groups -OCH3 is 1. The van der Waals surface area contributed by atoms with Crippen molar-refractivity contribution in [3.63, 3.8) is 0 Å². The van der Waals surface area contributed by atoms with Crippen molar-refractivity contribution in [1.82, 2.24) is 0 Å². The van der Waals surface area contributed by atoms with E-state index in [0.717, 1.165) is 10.4 Å². The van der Waals surface area contributed by atoms with Crippen molar-refractivity contribution in [3.8, 4) is 10.4 Å². The van der Waals surface area contributed by atoms with Gasteiger partial charge >= 0.3 is 5.97 Å². The third-order valence-corrected chi connectivity index (χ3v) is 3.67. The van der Waals surface area contributed by atoms with Gasteiger partial charge in [0.2, 0.25) is 0 Å². The van der Waals surface area contributed by atoms with E-state index in [1.54, 1.807) is 18.2 Å². The molecule has 0 aliphatic carbocycles. The first-order valence-electron chi connectivity index (χ1n) is 5.25. The predicted octanol–water partition coefficient (Wildman–Crippen LogP) is 2.69. The summed E-state index contributed by atoms with van der Waals surface area (Å²) in [7, 11) is 1.28. The van der Waals surface area contributed by atoms with Crippen LogP contribution in [0.25, 0.3) is 10.4 Å². The van der Waals surface area contributed by atoms with Gasteiger partial charge in [0.05, 0.1) is 17.7 Å². The lowest BCUT2D eigenvalue weighted by Gasteiger charge is -1.96. The molecule has 0 spiro atoms. The van der Waals surface area contributed by atoms with Gasteiger partial charge in [-0.1, -0.05) is 0 Å². The molecule has 0 saturated heterocycles. The minimum atomic E-state index is -0.490. The van der Waals surface area contributed by atoms with E-state index in [9.17, 15) is 14.9 Å². The van der Waals surface area contributed by atoms with E-state index in [2.05, 4.69) is 4.74 Å². The van der Waals surface area contributed by atoms with Crippen LogP contribution >= 0.6 is 11.3 Å². The number of nitro groups is 1. The third-order valence-electron chi connectivity index (χ3n) is 2.49. The molecule has 0 aliphatic heterocycles. The predicted molar refractivity (Wildman–Crippen MR) is 72.2 cm³/mol. The maximum absolute atomic E-state index is 11.4. The second-order valence-electron chi connectivity index (χ2n) is 3.69.